The van der Waals surface area contributed by atoms with E-state index in [0.717, 1.165) is 14.2 Å². The first-order chi connectivity index (χ1) is 8.19. The highest BCUT2D eigenvalue weighted by molar-refractivity contribution is 8.03. The van der Waals surface area contributed by atoms with E-state index in [2.05, 4.69) is 34.5 Å². The molecule has 90 valence electrons. The summed E-state index contributed by atoms with van der Waals surface area (Å²) in [5.41, 5.74) is 6.96. The second kappa shape index (κ2) is 5.86. The fourth-order valence-electron chi connectivity index (χ4n) is 1.26. The van der Waals surface area contributed by atoms with E-state index in [0.29, 0.717) is 0 Å². The highest BCUT2D eigenvalue weighted by atomic mass is 32.2. The maximum Gasteiger partial charge on any atom is 0.179 e. The van der Waals surface area contributed by atoms with E-state index in [-0.39, 0.29) is 6.04 Å². The van der Waals surface area contributed by atoms with Crippen molar-refractivity contribution in [1.29, 1.82) is 0 Å². The van der Waals surface area contributed by atoms with E-state index >= 15 is 0 Å². The van der Waals surface area contributed by atoms with Crippen molar-refractivity contribution in [3.8, 4) is 0 Å². The first kappa shape index (κ1) is 12.9. The number of thioether (sulfide) groups is 1. The Bertz CT molecular complexity index is 479. The molecule has 3 nitrogen and oxygen atoms in total. The fourth-order valence-corrected chi connectivity index (χ4v) is 3.67. The summed E-state index contributed by atoms with van der Waals surface area (Å²) in [5, 5.41) is 8.19. The lowest BCUT2D eigenvalue weighted by Gasteiger charge is -2.05. The molecule has 0 aliphatic rings. The van der Waals surface area contributed by atoms with Gasteiger partial charge in [-0.25, -0.2) is 0 Å². The maximum absolute atomic E-state index is 5.81. The van der Waals surface area contributed by atoms with Gasteiger partial charge in [-0.2, -0.15) is 0 Å². The van der Waals surface area contributed by atoms with Gasteiger partial charge in [0.2, 0.25) is 0 Å². The number of nitrogens with zero attached hydrogens (tertiary/aromatic N) is 2. The molecule has 1 heterocycles. The van der Waals surface area contributed by atoms with Gasteiger partial charge in [-0.05, 0) is 30.9 Å². The molecule has 0 fully saturated rings. The van der Waals surface area contributed by atoms with E-state index in [9.17, 15) is 0 Å². The van der Waals surface area contributed by atoms with Crippen molar-refractivity contribution < 1.29 is 0 Å². The molecular formula is C11H13N3S3. The molecule has 0 spiro atoms. The minimum Gasteiger partial charge on any atom is -0.324 e. The topological polar surface area (TPSA) is 51.8 Å². The minimum absolute atomic E-state index is 0.0821. The van der Waals surface area contributed by atoms with Gasteiger partial charge < -0.3 is 5.73 Å². The second-order valence-electron chi connectivity index (χ2n) is 3.50. The van der Waals surface area contributed by atoms with E-state index < -0.39 is 0 Å². The molecule has 1 aromatic carbocycles. The van der Waals surface area contributed by atoms with E-state index in [1.165, 1.54) is 4.90 Å². The summed E-state index contributed by atoms with van der Waals surface area (Å²) < 4.78 is 1.97. The summed E-state index contributed by atoms with van der Waals surface area (Å²) in [7, 11) is 0. The highest BCUT2D eigenvalue weighted by Gasteiger charge is 2.05. The number of hydrogen-bond donors (Lipinski definition) is 1. The Balaban J connectivity index is 2.08. The van der Waals surface area contributed by atoms with Crippen LogP contribution in [0.2, 0.25) is 0 Å². The van der Waals surface area contributed by atoms with Crippen LogP contribution in [0.25, 0.3) is 0 Å². The zero-order chi connectivity index (χ0) is 12.3. The summed E-state index contributed by atoms with van der Waals surface area (Å²) in [6, 6.07) is 8.35. The number of nitrogens with two attached hydrogens (primary N) is 1. The Morgan fingerprint density at radius 2 is 1.82 bits per heavy atom. The first-order valence-electron chi connectivity index (χ1n) is 5.10. The maximum atomic E-state index is 5.81. The molecule has 0 saturated heterocycles. The average molecular weight is 283 g/mol. The summed E-state index contributed by atoms with van der Waals surface area (Å²) >= 11 is 4.87. The third kappa shape index (κ3) is 3.45. The van der Waals surface area contributed by atoms with Crippen molar-refractivity contribution in [2.45, 2.75) is 26.5 Å². The molecule has 0 amide bonds. The van der Waals surface area contributed by atoms with Crippen molar-refractivity contribution >= 4 is 34.9 Å². The van der Waals surface area contributed by atoms with Gasteiger partial charge in [0.1, 0.15) is 0 Å². The van der Waals surface area contributed by atoms with Crippen LogP contribution >= 0.6 is 34.9 Å². The van der Waals surface area contributed by atoms with Crippen molar-refractivity contribution in [1.82, 2.24) is 10.2 Å². The van der Waals surface area contributed by atoms with Gasteiger partial charge in [0, 0.05) is 10.9 Å². The van der Waals surface area contributed by atoms with Crippen LogP contribution < -0.4 is 5.73 Å². The Kier molecular flexibility index (Phi) is 4.44. The smallest absolute Gasteiger partial charge is 0.179 e. The van der Waals surface area contributed by atoms with Crippen LogP contribution in [-0.2, 0) is 0 Å². The monoisotopic (exact) mass is 283 g/mol. The van der Waals surface area contributed by atoms with Gasteiger partial charge in [0.05, 0.1) is 0 Å². The van der Waals surface area contributed by atoms with Crippen molar-refractivity contribution in [2.75, 3.05) is 6.26 Å². The van der Waals surface area contributed by atoms with Gasteiger partial charge >= 0.3 is 0 Å². The molecule has 1 aromatic heterocycles. The van der Waals surface area contributed by atoms with Crippen LogP contribution in [0.15, 0.2) is 37.8 Å². The van der Waals surface area contributed by atoms with Crippen molar-refractivity contribution in [3.05, 3.63) is 29.8 Å². The molecule has 0 unspecified atom stereocenters. The van der Waals surface area contributed by atoms with Crippen LogP contribution in [0.1, 0.15) is 18.5 Å². The van der Waals surface area contributed by atoms with Crippen LogP contribution in [0.4, 0.5) is 0 Å². The Morgan fingerprint density at radius 3 is 2.35 bits per heavy atom. The molecular weight excluding hydrogens is 270 g/mol. The zero-order valence-corrected chi connectivity index (χ0v) is 12.0. The van der Waals surface area contributed by atoms with Crippen LogP contribution in [-0.4, -0.2) is 16.5 Å². The SMILES string of the molecule is CSc1nnc(Sc2ccc([C@@H](C)N)cc2)s1. The van der Waals surface area contributed by atoms with Crippen molar-refractivity contribution in [3.63, 3.8) is 0 Å². The molecule has 2 rings (SSSR count). The molecule has 6 heteroatoms. The number of benzene rings is 1. The molecule has 0 aliphatic heterocycles. The standard InChI is InChI=1S/C11H13N3S3/c1-7(12)8-3-5-9(6-4-8)16-11-14-13-10(15-2)17-11/h3-7H,12H2,1-2H3/t7-/m1/s1. The summed E-state index contributed by atoms with van der Waals surface area (Å²) in [4.78, 5) is 1.17. The van der Waals surface area contributed by atoms with Gasteiger partial charge in [0.15, 0.2) is 8.68 Å². The lowest BCUT2D eigenvalue weighted by molar-refractivity contribution is 0.817. The zero-order valence-electron chi connectivity index (χ0n) is 9.58. The highest BCUT2D eigenvalue weighted by Crippen LogP contribution is 2.32. The van der Waals surface area contributed by atoms with E-state index in [1.54, 1.807) is 34.9 Å². The van der Waals surface area contributed by atoms with E-state index in [4.69, 9.17) is 5.73 Å². The fraction of sp³-hybridized carbons (Fsp3) is 0.273. The largest absolute Gasteiger partial charge is 0.324 e. The number of rotatable bonds is 4. The minimum atomic E-state index is 0.0821. The Labute approximate surface area is 113 Å². The van der Waals surface area contributed by atoms with Gasteiger partial charge in [-0.1, -0.05) is 47.0 Å². The first-order valence-corrected chi connectivity index (χ1v) is 7.95. The van der Waals surface area contributed by atoms with E-state index in [1.807, 2.05) is 13.2 Å². The predicted molar refractivity (Wildman–Crippen MR) is 74.9 cm³/mol. The van der Waals surface area contributed by atoms with Gasteiger partial charge in [-0.3, -0.25) is 0 Å². The molecule has 2 N–H and O–H groups in total. The molecule has 0 aliphatic carbocycles. The van der Waals surface area contributed by atoms with Gasteiger partial charge in [-0.15, -0.1) is 10.2 Å². The molecule has 2 aromatic rings. The molecule has 17 heavy (non-hydrogen) atoms. The third-order valence-corrected chi connectivity index (χ3v) is 5.13. The molecule has 0 radical (unpaired) electrons. The number of hydrogen-bond acceptors (Lipinski definition) is 6. The van der Waals surface area contributed by atoms with Crippen molar-refractivity contribution in [2.24, 2.45) is 5.73 Å². The Morgan fingerprint density at radius 1 is 1.18 bits per heavy atom. The summed E-state index contributed by atoms with van der Waals surface area (Å²) in [5.74, 6) is 0. The molecule has 0 saturated carbocycles. The Hall–Kier alpha value is -0.560. The lowest BCUT2D eigenvalue weighted by atomic mass is 10.1. The number of aromatic nitrogens is 2. The lowest BCUT2D eigenvalue weighted by Crippen LogP contribution is -2.04. The summed E-state index contributed by atoms with van der Waals surface area (Å²) in [6.07, 6.45) is 2.01. The average Bonchev–Trinajstić information content (AvgIpc) is 2.77. The third-order valence-electron chi connectivity index (χ3n) is 2.17. The van der Waals surface area contributed by atoms with Crippen LogP contribution in [0, 0.1) is 0 Å². The normalized spacial score (nSPS) is 12.6. The van der Waals surface area contributed by atoms with Gasteiger partial charge in [0.25, 0.3) is 0 Å². The quantitative estimate of drug-likeness (QED) is 0.871. The summed E-state index contributed by atoms with van der Waals surface area (Å²) in [6.45, 7) is 1.98. The molecule has 1 atom stereocenters. The van der Waals surface area contributed by atoms with Crippen LogP contribution in [0.5, 0.6) is 0 Å². The molecule has 0 bridgehead atoms. The predicted octanol–water partition coefficient (Wildman–Crippen LogP) is 3.43. The second-order valence-corrected chi connectivity index (χ2v) is 6.85. The van der Waals surface area contributed by atoms with Crippen LogP contribution in [0.3, 0.4) is 0 Å².